The Balaban J connectivity index is 3.33. The van der Waals surface area contributed by atoms with Gasteiger partial charge in [0.05, 0.1) is 0 Å². The number of hydrogen-bond acceptors (Lipinski definition) is 1. The Morgan fingerprint density at radius 3 is 1.94 bits per heavy atom. The molecule has 0 N–H and O–H groups in total. The van der Waals surface area contributed by atoms with E-state index in [0.29, 0.717) is 5.91 Å². The minimum Gasteiger partial charge on any atom is -0.343 e. The Bertz CT molecular complexity index is 164. The summed E-state index contributed by atoms with van der Waals surface area (Å²) in [6.07, 6.45) is 9.16. The van der Waals surface area contributed by atoms with Crippen molar-refractivity contribution in [2.24, 2.45) is 0 Å². The predicted octanol–water partition coefficient (Wildman–Crippen LogP) is 3.81. The first-order chi connectivity index (χ1) is 7.76. The molecular weight excluding hydrogens is 198 g/mol. The van der Waals surface area contributed by atoms with Crippen molar-refractivity contribution >= 4 is 5.91 Å². The van der Waals surface area contributed by atoms with Crippen LogP contribution >= 0.6 is 0 Å². The van der Waals surface area contributed by atoms with Crippen molar-refractivity contribution in [2.45, 2.75) is 65.2 Å². The van der Waals surface area contributed by atoms with Gasteiger partial charge in [0.15, 0.2) is 0 Å². The van der Waals surface area contributed by atoms with E-state index in [2.05, 4.69) is 6.92 Å². The standard InChI is InChI=1S/C14H28NO/c1-4-7-8-9-10-11-12-13-14(16)15(5-2)6-3/h1,4-13H2,2-3H3. The van der Waals surface area contributed by atoms with Crippen LogP contribution in [0, 0.1) is 6.92 Å². The predicted molar refractivity (Wildman–Crippen MR) is 70.2 cm³/mol. The lowest BCUT2D eigenvalue weighted by Crippen LogP contribution is -2.30. The molecule has 0 unspecified atom stereocenters. The van der Waals surface area contributed by atoms with E-state index in [4.69, 9.17) is 0 Å². The summed E-state index contributed by atoms with van der Waals surface area (Å²) >= 11 is 0. The first-order valence-corrected chi connectivity index (χ1v) is 6.83. The van der Waals surface area contributed by atoms with Crippen LogP contribution in [-0.2, 0) is 4.79 Å². The smallest absolute Gasteiger partial charge is 0.222 e. The lowest BCUT2D eigenvalue weighted by atomic mass is 10.1. The lowest BCUT2D eigenvalue weighted by Gasteiger charge is -2.18. The van der Waals surface area contributed by atoms with Crippen LogP contribution in [0.3, 0.4) is 0 Å². The molecule has 0 bridgehead atoms. The number of nitrogens with zero attached hydrogens (tertiary/aromatic N) is 1. The molecule has 2 heteroatoms. The summed E-state index contributed by atoms with van der Waals surface area (Å²) in [6.45, 7) is 9.61. The fourth-order valence-electron chi connectivity index (χ4n) is 1.89. The van der Waals surface area contributed by atoms with Crippen LogP contribution in [0.25, 0.3) is 0 Å². The molecule has 0 heterocycles. The molecule has 0 spiro atoms. The van der Waals surface area contributed by atoms with Gasteiger partial charge in [-0.1, -0.05) is 45.4 Å². The third-order valence-electron chi connectivity index (χ3n) is 3.01. The van der Waals surface area contributed by atoms with Gasteiger partial charge in [-0.25, -0.2) is 0 Å². The number of hydrogen-bond donors (Lipinski definition) is 0. The Hall–Kier alpha value is -0.530. The molecule has 1 amide bonds. The van der Waals surface area contributed by atoms with Gasteiger partial charge in [0.25, 0.3) is 0 Å². The second-order valence-electron chi connectivity index (χ2n) is 4.29. The Labute approximate surface area is 101 Å². The van der Waals surface area contributed by atoms with Gasteiger partial charge < -0.3 is 4.90 Å². The Morgan fingerprint density at radius 2 is 1.44 bits per heavy atom. The van der Waals surface area contributed by atoms with E-state index in [1.807, 2.05) is 18.7 Å². The van der Waals surface area contributed by atoms with Crippen LogP contribution in [0.15, 0.2) is 0 Å². The van der Waals surface area contributed by atoms with Gasteiger partial charge in [0.2, 0.25) is 5.91 Å². The van der Waals surface area contributed by atoms with Crippen molar-refractivity contribution in [3.63, 3.8) is 0 Å². The number of carbonyl (C=O) groups is 1. The van der Waals surface area contributed by atoms with Crippen molar-refractivity contribution in [3.8, 4) is 0 Å². The summed E-state index contributed by atoms with van der Waals surface area (Å²) in [5.41, 5.74) is 0. The first-order valence-electron chi connectivity index (χ1n) is 6.83. The maximum Gasteiger partial charge on any atom is 0.222 e. The molecule has 0 aliphatic heterocycles. The van der Waals surface area contributed by atoms with Crippen LogP contribution in [0.4, 0.5) is 0 Å². The molecule has 0 atom stereocenters. The number of unbranched alkanes of at least 4 members (excludes halogenated alkanes) is 6. The number of carbonyl (C=O) groups excluding carboxylic acids is 1. The van der Waals surface area contributed by atoms with Crippen molar-refractivity contribution in [1.82, 2.24) is 4.90 Å². The van der Waals surface area contributed by atoms with E-state index in [1.165, 1.54) is 32.1 Å². The quantitative estimate of drug-likeness (QED) is 0.519. The fourth-order valence-corrected chi connectivity index (χ4v) is 1.89. The van der Waals surface area contributed by atoms with Crippen molar-refractivity contribution in [1.29, 1.82) is 0 Å². The minimum atomic E-state index is 0.322. The highest BCUT2D eigenvalue weighted by atomic mass is 16.2. The molecule has 0 aliphatic rings. The van der Waals surface area contributed by atoms with Crippen LogP contribution in [0.2, 0.25) is 0 Å². The zero-order chi connectivity index (χ0) is 12.2. The minimum absolute atomic E-state index is 0.322. The second-order valence-corrected chi connectivity index (χ2v) is 4.29. The van der Waals surface area contributed by atoms with Gasteiger partial charge in [-0.15, -0.1) is 0 Å². The van der Waals surface area contributed by atoms with Crippen LogP contribution < -0.4 is 0 Å². The molecule has 2 nitrogen and oxygen atoms in total. The molecule has 0 saturated heterocycles. The largest absolute Gasteiger partial charge is 0.343 e. The molecular formula is C14H28NO. The highest BCUT2D eigenvalue weighted by Gasteiger charge is 2.07. The normalized spacial score (nSPS) is 10.4. The number of amides is 1. The molecule has 1 radical (unpaired) electrons. The van der Waals surface area contributed by atoms with Gasteiger partial charge in [-0.3, -0.25) is 4.79 Å². The molecule has 0 fully saturated rings. The average Bonchev–Trinajstić information content (AvgIpc) is 2.29. The lowest BCUT2D eigenvalue weighted by molar-refractivity contribution is -0.130. The maximum atomic E-state index is 11.7. The van der Waals surface area contributed by atoms with Gasteiger partial charge in [-0.2, -0.15) is 0 Å². The van der Waals surface area contributed by atoms with Crippen LogP contribution in [0.5, 0.6) is 0 Å². The molecule has 0 aliphatic carbocycles. The zero-order valence-corrected chi connectivity index (χ0v) is 11.1. The van der Waals surface area contributed by atoms with E-state index in [0.717, 1.165) is 32.4 Å². The van der Waals surface area contributed by atoms with Crippen LogP contribution in [0.1, 0.15) is 65.2 Å². The summed E-state index contributed by atoms with van der Waals surface area (Å²) in [4.78, 5) is 13.6. The summed E-state index contributed by atoms with van der Waals surface area (Å²) in [7, 11) is 0. The Morgan fingerprint density at radius 1 is 0.938 bits per heavy atom. The summed E-state index contributed by atoms with van der Waals surface area (Å²) in [5.74, 6) is 0.322. The monoisotopic (exact) mass is 226 g/mol. The van der Waals surface area contributed by atoms with Crippen molar-refractivity contribution < 1.29 is 4.79 Å². The number of rotatable bonds is 10. The Kier molecular flexibility index (Phi) is 10.6. The van der Waals surface area contributed by atoms with E-state index in [1.54, 1.807) is 0 Å². The van der Waals surface area contributed by atoms with E-state index in [-0.39, 0.29) is 0 Å². The van der Waals surface area contributed by atoms with Gasteiger partial charge in [-0.05, 0) is 20.3 Å². The summed E-state index contributed by atoms with van der Waals surface area (Å²) in [5, 5.41) is 0. The molecule has 95 valence electrons. The van der Waals surface area contributed by atoms with Gasteiger partial charge in [0.1, 0.15) is 0 Å². The molecule has 16 heavy (non-hydrogen) atoms. The zero-order valence-electron chi connectivity index (χ0n) is 11.1. The van der Waals surface area contributed by atoms with Crippen LogP contribution in [-0.4, -0.2) is 23.9 Å². The summed E-state index contributed by atoms with van der Waals surface area (Å²) < 4.78 is 0. The molecule has 0 aromatic rings. The topological polar surface area (TPSA) is 20.3 Å². The van der Waals surface area contributed by atoms with Gasteiger partial charge in [0, 0.05) is 19.5 Å². The van der Waals surface area contributed by atoms with E-state index >= 15 is 0 Å². The third-order valence-corrected chi connectivity index (χ3v) is 3.01. The summed E-state index contributed by atoms with van der Waals surface area (Å²) in [6, 6.07) is 0. The highest BCUT2D eigenvalue weighted by Crippen LogP contribution is 2.09. The molecule has 0 aromatic heterocycles. The SMILES string of the molecule is [CH2]CCCCCCCCC(=O)N(CC)CC. The van der Waals surface area contributed by atoms with Crippen molar-refractivity contribution in [3.05, 3.63) is 6.92 Å². The van der Waals surface area contributed by atoms with E-state index in [9.17, 15) is 4.79 Å². The second kappa shape index (κ2) is 11.0. The highest BCUT2D eigenvalue weighted by molar-refractivity contribution is 5.75. The van der Waals surface area contributed by atoms with E-state index < -0.39 is 0 Å². The molecule has 0 saturated carbocycles. The average molecular weight is 226 g/mol. The fraction of sp³-hybridized carbons (Fsp3) is 0.857. The third kappa shape index (κ3) is 7.72. The first kappa shape index (κ1) is 15.5. The van der Waals surface area contributed by atoms with Crippen molar-refractivity contribution in [2.75, 3.05) is 13.1 Å². The molecule has 0 rings (SSSR count). The maximum absolute atomic E-state index is 11.7. The molecule has 0 aromatic carbocycles. The van der Waals surface area contributed by atoms with Gasteiger partial charge >= 0.3 is 0 Å².